The van der Waals surface area contributed by atoms with Crippen molar-refractivity contribution in [2.75, 3.05) is 26.9 Å². The molecule has 1 amide bonds. The van der Waals surface area contributed by atoms with Crippen molar-refractivity contribution in [1.29, 1.82) is 0 Å². The maximum Gasteiger partial charge on any atom is 0.222 e. The predicted molar refractivity (Wildman–Crippen MR) is 76.4 cm³/mol. The van der Waals surface area contributed by atoms with Crippen molar-refractivity contribution in [2.45, 2.75) is 25.8 Å². The summed E-state index contributed by atoms with van der Waals surface area (Å²) in [4.78, 5) is 13.7. The highest BCUT2D eigenvalue weighted by Gasteiger charge is 2.15. The number of rotatable bonds is 9. The van der Waals surface area contributed by atoms with E-state index in [4.69, 9.17) is 14.9 Å². The van der Waals surface area contributed by atoms with E-state index in [1.807, 2.05) is 24.3 Å². The van der Waals surface area contributed by atoms with Crippen molar-refractivity contribution in [2.24, 2.45) is 0 Å². The van der Waals surface area contributed by atoms with Gasteiger partial charge in [-0.1, -0.05) is 18.2 Å². The molecule has 0 aromatic heterocycles. The second kappa shape index (κ2) is 9.34. The number of methoxy groups -OCH3 is 1. The van der Waals surface area contributed by atoms with Gasteiger partial charge in [0.2, 0.25) is 5.91 Å². The molecule has 0 saturated carbocycles. The fourth-order valence-corrected chi connectivity index (χ4v) is 2.00. The molecule has 0 radical (unpaired) electrons. The van der Waals surface area contributed by atoms with E-state index in [-0.39, 0.29) is 19.1 Å². The summed E-state index contributed by atoms with van der Waals surface area (Å²) >= 11 is 0. The van der Waals surface area contributed by atoms with Gasteiger partial charge >= 0.3 is 0 Å². The summed E-state index contributed by atoms with van der Waals surface area (Å²) in [6.07, 6.45) is 1.66. The molecule has 20 heavy (non-hydrogen) atoms. The number of aliphatic hydroxyl groups excluding tert-OH is 2. The van der Waals surface area contributed by atoms with Gasteiger partial charge in [0.1, 0.15) is 5.75 Å². The molecule has 0 heterocycles. The molecule has 0 aliphatic rings. The van der Waals surface area contributed by atoms with Crippen LogP contribution in [0.5, 0.6) is 5.75 Å². The van der Waals surface area contributed by atoms with Crippen LogP contribution in [0.4, 0.5) is 0 Å². The minimum Gasteiger partial charge on any atom is -0.496 e. The Hall–Kier alpha value is -1.59. The molecule has 0 bridgehead atoms. The Bertz CT molecular complexity index is 409. The maximum atomic E-state index is 12.1. The summed E-state index contributed by atoms with van der Waals surface area (Å²) in [5, 5.41) is 17.8. The van der Waals surface area contributed by atoms with E-state index in [9.17, 15) is 4.79 Å². The van der Waals surface area contributed by atoms with Gasteiger partial charge in [-0.15, -0.1) is 0 Å². The lowest BCUT2D eigenvalue weighted by atomic mass is 10.1. The third-order valence-electron chi connectivity index (χ3n) is 3.08. The van der Waals surface area contributed by atoms with Crippen LogP contribution in [0.15, 0.2) is 24.3 Å². The van der Waals surface area contributed by atoms with E-state index in [0.717, 1.165) is 11.3 Å². The van der Waals surface area contributed by atoms with Crippen LogP contribution in [0, 0.1) is 0 Å². The molecular weight excluding hydrogens is 258 g/mol. The number of para-hydroxylation sites is 1. The first-order valence-electron chi connectivity index (χ1n) is 6.84. The lowest BCUT2D eigenvalue weighted by molar-refractivity contribution is -0.132. The molecule has 5 heteroatoms. The largest absolute Gasteiger partial charge is 0.496 e. The van der Waals surface area contributed by atoms with Crippen molar-refractivity contribution in [3.8, 4) is 5.75 Å². The number of hydrogen-bond acceptors (Lipinski definition) is 4. The zero-order chi connectivity index (χ0) is 14.8. The fraction of sp³-hybridized carbons (Fsp3) is 0.533. The zero-order valence-corrected chi connectivity index (χ0v) is 11.9. The highest BCUT2D eigenvalue weighted by atomic mass is 16.5. The number of benzene rings is 1. The van der Waals surface area contributed by atoms with Crippen LogP contribution in [0.25, 0.3) is 0 Å². The van der Waals surface area contributed by atoms with Crippen LogP contribution in [0.1, 0.15) is 24.8 Å². The van der Waals surface area contributed by atoms with E-state index in [0.29, 0.717) is 32.4 Å². The highest BCUT2D eigenvalue weighted by molar-refractivity contribution is 5.76. The second-order valence-corrected chi connectivity index (χ2v) is 4.53. The summed E-state index contributed by atoms with van der Waals surface area (Å²) in [6.45, 7) is 0.749. The molecule has 2 N–H and O–H groups in total. The Kier molecular flexibility index (Phi) is 7.69. The number of nitrogens with zero attached hydrogens (tertiary/aromatic N) is 1. The average Bonchev–Trinajstić information content (AvgIpc) is 2.47. The van der Waals surface area contributed by atoms with Crippen molar-refractivity contribution in [3.05, 3.63) is 29.8 Å². The first kappa shape index (κ1) is 16.5. The Morgan fingerprint density at radius 1 is 1.20 bits per heavy atom. The van der Waals surface area contributed by atoms with E-state index in [2.05, 4.69) is 0 Å². The SMILES string of the molecule is COc1ccccc1CN(CCO)C(=O)CCCCO. The molecule has 0 atom stereocenters. The van der Waals surface area contributed by atoms with Crippen LogP contribution < -0.4 is 4.74 Å². The summed E-state index contributed by atoms with van der Waals surface area (Å²) in [5.41, 5.74) is 0.916. The monoisotopic (exact) mass is 281 g/mol. The standard InChI is InChI=1S/C15H23NO4/c1-20-14-7-3-2-6-13(14)12-16(9-11-18)15(19)8-4-5-10-17/h2-3,6-7,17-18H,4-5,8-12H2,1H3. The first-order chi connectivity index (χ1) is 9.72. The molecule has 1 aromatic carbocycles. The number of hydrogen-bond donors (Lipinski definition) is 2. The van der Waals surface area contributed by atoms with Gasteiger partial charge in [0.05, 0.1) is 13.7 Å². The van der Waals surface area contributed by atoms with Crippen LogP contribution in [-0.2, 0) is 11.3 Å². The molecule has 112 valence electrons. The quantitative estimate of drug-likeness (QED) is 0.667. The molecule has 0 unspecified atom stereocenters. The van der Waals surface area contributed by atoms with Crippen LogP contribution in [0.3, 0.4) is 0 Å². The summed E-state index contributed by atoms with van der Waals surface area (Å²) in [5.74, 6) is 0.719. The number of ether oxygens (including phenoxy) is 1. The molecule has 0 aliphatic heterocycles. The maximum absolute atomic E-state index is 12.1. The molecule has 0 saturated heterocycles. The van der Waals surface area contributed by atoms with E-state index in [1.165, 1.54) is 0 Å². The predicted octanol–water partition coefficient (Wildman–Crippen LogP) is 1.18. The Morgan fingerprint density at radius 2 is 1.95 bits per heavy atom. The Labute approximate surface area is 119 Å². The molecule has 5 nitrogen and oxygen atoms in total. The van der Waals surface area contributed by atoms with Gasteiger partial charge in [-0.3, -0.25) is 4.79 Å². The highest BCUT2D eigenvalue weighted by Crippen LogP contribution is 2.19. The number of amides is 1. The van der Waals surface area contributed by atoms with Gasteiger partial charge in [0.15, 0.2) is 0 Å². The summed E-state index contributed by atoms with van der Waals surface area (Å²) in [6, 6.07) is 7.53. The molecular formula is C15H23NO4. The zero-order valence-electron chi connectivity index (χ0n) is 11.9. The van der Waals surface area contributed by atoms with Crippen LogP contribution in [-0.4, -0.2) is 47.9 Å². The Balaban J connectivity index is 2.68. The summed E-state index contributed by atoms with van der Waals surface area (Å²) in [7, 11) is 1.60. The van der Waals surface area contributed by atoms with Gasteiger partial charge in [0.25, 0.3) is 0 Å². The molecule has 0 aliphatic carbocycles. The van der Waals surface area contributed by atoms with E-state index < -0.39 is 0 Å². The topological polar surface area (TPSA) is 70.0 Å². The van der Waals surface area contributed by atoms with Gasteiger partial charge < -0.3 is 19.8 Å². The third-order valence-corrected chi connectivity index (χ3v) is 3.08. The minimum atomic E-state index is -0.0686. The number of carbonyl (C=O) groups is 1. The molecule has 0 spiro atoms. The normalized spacial score (nSPS) is 10.3. The van der Waals surface area contributed by atoms with Crippen molar-refractivity contribution in [1.82, 2.24) is 4.90 Å². The smallest absolute Gasteiger partial charge is 0.222 e. The Morgan fingerprint density at radius 3 is 2.60 bits per heavy atom. The van der Waals surface area contributed by atoms with Crippen LogP contribution in [0.2, 0.25) is 0 Å². The van der Waals surface area contributed by atoms with E-state index in [1.54, 1.807) is 12.0 Å². The number of unbranched alkanes of at least 4 members (excludes halogenated alkanes) is 1. The molecule has 1 aromatic rings. The van der Waals surface area contributed by atoms with Crippen molar-refractivity contribution < 1.29 is 19.7 Å². The van der Waals surface area contributed by atoms with Crippen LogP contribution >= 0.6 is 0 Å². The van der Waals surface area contributed by atoms with Crippen molar-refractivity contribution >= 4 is 5.91 Å². The van der Waals surface area contributed by atoms with Gasteiger partial charge in [-0.2, -0.15) is 0 Å². The lowest BCUT2D eigenvalue weighted by Crippen LogP contribution is -2.33. The van der Waals surface area contributed by atoms with E-state index >= 15 is 0 Å². The van der Waals surface area contributed by atoms with Gasteiger partial charge in [-0.05, 0) is 18.9 Å². The summed E-state index contributed by atoms with van der Waals surface area (Å²) < 4.78 is 5.27. The van der Waals surface area contributed by atoms with Gasteiger partial charge in [-0.25, -0.2) is 0 Å². The number of carbonyl (C=O) groups excluding carboxylic acids is 1. The fourth-order valence-electron chi connectivity index (χ4n) is 2.00. The first-order valence-corrected chi connectivity index (χ1v) is 6.84. The van der Waals surface area contributed by atoms with Crippen molar-refractivity contribution in [3.63, 3.8) is 0 Å². The molecule has 0 fully saturated rings. The molecule has 1 rings (SSSR count). The van der Waals surface area contributed by atoms with Gasteiger partial charge in [0, 0.05) is 31.7 Å². The lowest BCUT2D eigenvalue weighted by Gasteiger charge is -2.23. The minimum absolute atomic E-state index is 0.0154. The second-order valence-electron chi connectivity index (χ2n) is 4.53. The average molecular weight is 281 g/mol. The number of aliphatic hydroxyl groups is 2. The third kappa shape index (κ3) is 5.19.